The minimum absolute atomic E-state index is 0.0310. The number of carbonyl (C=O) groups excluding carboxylic acids is 1. The summed E-state index contributed by atoms with van der Waals surface area (Å²) in [7, 11) is 2.96. The second-order valence-electron chi connectivity index (χ2n) is 3.92. The van der Waals surface area contributed by atoms with Crippen LogP contribution in [0.2, 0.25) is 0 Å². The number of hydrogen-bond acceptors (Lipinski definition) is 3. The molecule has 0 bridgehead atoms. The molecule has 0 aliphatic rings. The smallest absolute Gasteiger partial charge is 0.256 e. The largest absolute Gasteiger partial charge is 0.389 e. The second kappa shape index (κ2) is 6.82. The normalized spacial score (nSPS) is 12.3. The number of ether oxygens (including phenoxy) is 1. The first kappa shape index (κ1) is 15.1. The van der Waals surface area contributed by atoms with Crippen molar-refractivity contribution in [3.63, 3.8) is 0 Å². The van der Waals surface area contributed by atoms with E-state index < -0.39 is 17.8 Å². The number of hydrogen-bond donors (Lipinski definition) is 1. The number of nitrogens with zero attached hydrogens (tertiary/aromatic N) is 1. The Morgan fingerprint density at radius 3 is 2.89 bits per heavy atom. The molecule has 0 heterocycles. The molecule has 1 rings (SSSR count). The Morgan fingerprint density at radius 2 is 2.28 bits per heavy atom. The highest BCUT2D eigenvalue weighted by atomic mass is 79.9. The minimum atomic E-state index is -0.792. The number of rotatable bonds is 5. The van der Waals surface area contributed by atoms with Gasteiger partial charge in [0.2, 0.25) is 0 Å². The maximum atomic E-state index is 13.5. The lowest BCUT2D eigenvalue weighted by Crippen LogP contribution is -2.36. The molecule has 100 valence electrons. The summed E-state index contributed by atoms with van der Waals surface area (Å²) in [6.07, 6.45) is -0.792. The number of carbonyl (C=O) groups is 1. The molecule has 1 aromatic rings. The lowest BCUT2D eigenvalue weighted by molar-refractivity contribution is 0.0378. The number of benzene rings is 1. The van der Waals surface area contributed by atoms with Gasteiger partial charge >= 0.3 is 0 Å². The predicted octanol–water partition coefficient (Wildman–Crippen LogP) is 1.67. The molecule has 0 aromatic heterocycles. The molecule has 1 unspecified atom stereocenters. The molecule has 1 aromatic carbocycles. The zero-order valence-corrected chi connectivity index (χ0v) is 11.8. The van der Waals surface area contributed by atoms with Crippen molar-refractivity contribution >= 4 is 21.8 Å². The Morgan fingerprint density at radius 1 is 1.61 bits per heavy atom. The van der Waals surface area contributed by atoms with Crippen molar-refractivity contribution in [1.82, 2.24) is 4.90 Å². The Kier molecular flexibility index (Phi) is 5.71. The number of methoxy groups -OCH3 is 1. The Labute approximate surface area is 113 Å². The van der Waals surface area contributed by atoms with Crippen molar-refractivity contribution in [2.24, 2.45) is 0 Å². The Bertz CT molecular complexity index is 428. The second-order valence-corrected chi connectivity index (χ2v) is 4.83. The molecule has 0 saturated heterocycles. The van der Waals surface area contributed by atoms with E-state index in [0.29, 0.717) is 4.47 Å². The van der Waals surface area contributed by atoms with E-state index in [1.165, 1.54) is 37.3 Å². The van der Waals surface area contributed by atoms with E-state index in [-0.39, 0.29) is 18.7 Å². The summed E-state index contributed by atoms with van der Waals surface area (Å²) in [4.78, 5) is 13.2. The zero-order chi connectivity index (χ0) is 13.7. The highest BCUT2D eigenvalue weighted by molar-refractivity contribution is 9.10. The topological polar surface area (TPSA) is 49.8 Å². The molecule has 6 heteroatoms. The van der Waals surface area contributed by atoms with Crippen LogP contribution in [0.5, 0.6) is 0 Å². The first-order valence-electron chi connectivity index (χ1n) is 5.33. The Hall–Kier alpha value is -0.980. The average molecular weight is 320 g/mol. The molecule has 1 atom stereocenters. The maximum Gasteiger partial charge on any atom is 0.256 e. The summed E-state index contributed by atoms with van der Waals surface area (Å²) in [5, 5.41) is 9.52. The number of aliphatic hydroxyl groups excluding tert-OH is 1. The molecule has 0 radical (unpaired) electrons. The van der Waals surface area contributed by atoms with Crippen LogP contribution in [0.3, 0.4) is 0 Å². The van der Waals surface area contributed by atoms with Gasteiger partial charge in [0, 0.05) is 25.2 Å². The van der Waals surface area contributed by atoms with Crippen LogP contribution < -0.4 is 0 Å². The van der Waals surface area contributed by atoms with Crippen LogP contribution in [0, 0.1) is 5.82 Å². The summed E-state index contributed by atoms with van der Waals surface area (Å²) < 4.78 is 18.9. The van der Waals surface area contributed by atoms with Gasteiger partial charge < -0.3 is 14.7 Å². The van der Waals surface area contributed by atoms with E-state index in [9.17, 15) is 14.3 Å². The van der Waals surface area contributed by atoms with E-state index in [2.05, 4.69) is 15.9 Å². The molecule has 0 aliphatic heterocycles. The van der Waals surface area contributed by atoms with Gasteiger partial charge in [-0.2, -0.15) is 0 Å². The van der Waals surface area contributed by atoms with Crippen LogP contribution in [0.25, 0.3) is 0 Å². The van der Waals surface area contributed by atoms with Gasteiger partial charge in [-0.1, -0.05) is 15.9 Å². The van der Waals surface area contributed by atoms with Gasteiger partial charge in [-0.3, -0.25) is 4.79 Å². The molecular formula is C12H15BrFNO3. The number of likely N-dealkylation sites (N-methyl/N-ethyl adjacent to an activating group) is 1. The fourth-order valence-electron chi connectivity index (χ4n) is 1.51. The standard InChI is InChI=1S/C12H15BrFNO3/c1-15(6-9(16)7-18-2)12(17)10-5-8(13)3-4-11(10)14/h3-5,9,16H,6-7H2,1-2H3. The van der Waals surface area contributed by atoms with E-state index in [4.69, 9.17) is 4.74 Å². The summed E-state index contributed by atoms with van der Waals surface area (Å²) in [5.74, 6) is -1.07. The van der Waals surface area contributed by atoms with Crippen LogP contribution in [0.4, 0.5) is 4.39 Å². The predicted molar refractivity (Wildman–Crippen MR) is 68.9 cm³/mol. The molecule has 0 fully saturated rings. The average Bonchev–Trinajstić information content (AvgIpc) is 2.31. The molecule has 0 spiro atoms. The third-order valence-corrected chi connectivity index (χ3v) is 2.84. The van der Waals surface area contributed by atoms with Crippen molar-refractivity contribution in [3.8, 4) is 0 Å². The van der Waals surface area contributed by atoms with Crippen molar-refractivity contribution in [1.29, 1.82) is 0 Å². The third-order valence-electron chi connectivity index (χ3n) is 2.35. The van der Waals surface area contributed by atoms with Gasteiger partial charge in [-0.15, -0.1) is 0 Å². The minimum Gasteiger partial charge on any atom is -0.389 e. The Balaban J connectivity index is 2.77. The first-order valence-corrected chi connectivity index (χ1v) is 6.12. The molecule has 0 saturated carbocycles. The summed E-state index contributed by atoms with van der Waals surface area (Å²) in [6, 6.07) is 4.15. The zero-order valence-electron chi connectivity index (χ0n) is 10.2. The van der Waals surface area contributed by atoms with Crippen molar-refractivity contribution in [2.45, 2.75) is 6.10 Å². The van der Waals surface area contributed by atoms with E-state index in [1.54, 1.807) is 0 Å². The van der Waals surface area contributed by atoms with Crippen molar-refractivity contribution in [2.75, 3.05) is 27.3 Å². The van der Waals surface area contributed by atoms with Gasteiger partial charge in [0.05, 0.1) is 18.3 Å². The molecular weight excluding hydrogens is 305 g/mol. The highest BCUT2D eigenvalue weighted by Crippen LogP contribution is 2.17. The summed E-state index contributed by atoms with van der Waals surface area (Å²) in [5.41, 5.74) is -0.0310. The van der Waals surface area contributed by atoms with Crippen LogP contribution in [-0.4, -0.2) is 49.3 Å². The van der Waals surface area contributed by atoms with Gasteiger partial charge in [-0.05, 0) is 18.2 Å². The highest BCUT2D eigenvalue weighted by Gasteiger charge is 2.18. The molecule has 18 heavy (non-hydrogen) atoms. The van der Waals surface area contributed by atoms with Gasteiger partial charge in [0.25, 0.3) is 5.91 Å². The summed E-state index contributed by atoms with van der Waals surface area (Å²) >= 11 is 3.18. The van der Waals surface area contributed by atoms with Crippen LogP contribution >= 0.6 is 15.9 Å². The molecule has 1 N–H and O–H groups in total. The monoisotopic (exact) mass is 319 g/mol. The molecule has 1 amide bonds. The lowest BCUT2D eigenvalue weighted by Gasteiger charge is -2.20. The summed E-state index contributed by atoms with van der Waals surface area (Å²) in [6.45, 7) is 0.206. The van der Waals surface area contributed by atoms with Gasteiger partial charge in [0.1, 0.15) is 5.82 Å². The maximum absolute atomic E-state index is 13.5. The van der Waals surface area contributed by atoms with Gasteiger partial charge in [-0.25, -0.2) is 4.39 Å². The van der Waals surface area contributed by atoms with Gasteiger partial charge in [0.15, 0.2) is 0 Å². The SMILES string of the molecule is COCC(O)CN(C)C(=O)c1cc(Br)ccc1F. The van der Waals surface area contributed by atoms with Crippen LogP contribution in [0.15, 0.2) is 22.7 Å². The lowest BCUT2D eigenvalue weighted by atomic mass is 10.2. The quantitative estimate of drug-likeness (QED) is 0.898. The van der Waals surface area contributed by atoms with Crippen molar-refractivity contribution in [3.05, 3.63) is 34.1 Å². The van der Waals surface area contributed by atoms with Crippen molar-refractivity contribution < 1.29 is 19.0 Å². The molecule has 0 aliphatic carbocycles. The number of aliphatic hydroxyl groups is 1. The van der Waals surface area contributed by atoms with E-state index >= 15 is 0 Å². The molecule has 4 nitrogen and oxygen atoms in total. The third kappa shape index (κ3) is 4.04. The van der Waals surface area contributed by atoms with Crippen LogP contribution in [-0.2, 0) is 4.74 Å². The van der Waals surface area contributed by atoms with E-state index in [0.717, 1.165) is 0 Å². The number of halogens is 2. The first-order chi connectivity index (χ1) is 8.45. The van der Waals surface area contributed by atoms with Crippen LogP contribution in [0.1, 0.15) is 10.4 Å². The fraction of sp³-hybridized carbons (Fsp3) is 0.417. The number of amides is 1. The van der Waals surface area contributed by atoms with E-state index in [1.807, 2.05) is 0 Å². The fourth-order valence-corrected chi connectivity index (χ4v) is 1.87.